The first-order valence-electron chi connectivity index (χ1n) is 9.08. The summed E-state index contributed by atoms with van der Waals surface area (Å²) in [6, 6.07) is 12.2. The van der Waals surface area contributed by atoms with Gasteiger partial charge in [0.25, 0.3) is 0 Å². The van der Waals surface area contributed by atoms with Crippen LogP contribution < -0.4 is 14.8 Å². The number of fused-ring (bicyclic) bond motifs is 2. The number of aromatic nitrogens is 1. The maximum absolute atomic E-state index is 13.5. The van der Waals surface area contributed by atoms with Crippen LogP contribution in [-0.2, 0) is 11.3 Å². The number of hydrogen-bond donors (Lipinski definition) is 1. The van der Waals surface area contributed by atoms with Crippen LogP contribution in [0.2, 0.25) is 0 Å². The number of hydrogen-bond acceptors (Lipinski definition) is 4. The van der Waals surface area contributed by atoms with E-state index in [0.29, 0.717) is 12.1 Å². The van der Waals surface area contributed by atoms with E-state index in [1.54, 1.807) is 16.8 Å². The van der Waals surface area contributed by atoms with Gasteiger partial charge in [0, 0.05) is 12.7 Å². The smallest absolute Gasteiger partial charge is 0.240 e. The highest BCUT2D eigenvalue weighted by Gasteiger charge is 2.20. The molecule has 1 aliphatic heterocycles. The van der Waals surface area contributed by atoms with Gasteiger partial charge >= 0.3 is 0 Å². The minimum absolute atomic E-state index is 0.0164. The normalized spacial score (nSPS) is 13.9. The van der Waals surface area contributed by atoms with Crippen LogP contribution in [0.25, 0.3) is 10.9 Å². The van der Waals surface area contributed by atoms with E-state index in [2.05, 4.69) is 5.32 Å². The van der Waals surface area contributed by atoms with E-state index in [0.717, 1.165) is 22.4 Å². The van der Waals surface area contributed by atoms with E-state index >= 15 is 0 Å². The highest BCUT2D eigenvalue weighted by molar-refractivity contribution is 5.83. The second kappa shape index (κ2) is 7.52. The number of rotatable bonds is 6. The van der Waals surface area contributed by atoms with Crippen molar-refractivity contribution in [3.8, 4) is 11.5 Å². The number of nitrogens with one attached hydrogen (secondary N) is 1. The van der Waals surface area contributed by atoms with E-state index < -0.39 is 0 Å². The molecule has 0 fully saturated rings. The number of carbonyl (C=O) groups is 1. The predicted octanol–water partition coefficient (Wildman–Crippen LogP) is 2.93. The van der Waals surface area contributed by atoms with Crippen molar-refractivity contribution in [2.24, 2.45) is 0 Å². The minimum atomic E-state index is -0.316. The summed E-state index contributed by atoms with van der Waals surface area (Å²) in [5.74, 6) is 1.01. The summed E-state index contributed by atoms with van der Waals surface area (Å²) in [5.41, 5.74) is 1.73. The van der Waals surface area contributed by atoms with Crippen LogP contribution >= 0.6 is 0 Å². The van der Waals surface area contributed by atoms with Gasteiger partial charge in [-0.1, -0.05) is 6.07 Å². The van der Waals surface area contributed by atoms with Gasteiger partial charge < -0.3 is 24.3 Å². The summed E-state index contributed by atoms with van der Waals surface area (Å²) in [5, 5.41) is 3.88. The monoisotopic (exact) mass is 383 g/mol. The molecule has 2 aromatic carbocycles. The van der Waals surface area contributed by atoms with Gasteiger partial charge in [-0.3, -0.25) is 4.79 Å². The van der Waals surface area contributed by atoms with Crippen molar-refractivity contribution in [3.63, 3.8) is 0 Å². The molecule has 3 aromatic rings. The number of amides is 1. The number of carbonyl (C=O) groups excluding carboxylic acids is 1. The first-order valence-corrected chi connectivity index (χ1v) is 9.08. The van der Waals surface area contributed by atoms with Crippen molar-refractivity contribution >= 4 is 16.8 Å². The lowest BCUT2D eigenvalue weighted by atomic mass is 10.1. The Bertz CT molecular complexity index is 1020. The first-order chi connectivity index (χ1) is 13.5. The Balaban J connectivity index is 1.44. The molecule has 0 radical (unpaired) electrons. The van der Waals surface area contributed by atoms with Crippen molar-refractivity contribution < 1.29 is 18.7 Å². The van der Waals surface area contributed by atoms with Gasteiger partial charge in [0.15, 0.2) is 11.5 Å². The first kappa shape index (κ1) is 18.3. The molecule has 2 heterocycles. The molecule has 1 N–H and O–H groups in total. The van der Waals surface area contributed by atoms with E-state index in [4.69, 9.17) is 9.47 Å². The van der Waals surface area contributed by atoms with Crippen LogP contribution in [0, 0.1) is 5.82 Å². The lowest BCUT2D eigenvalue weighted by Gasteiger charge is -2.25. The molecule has 0 aliphatic carbocycles. The lowest BCUT2D eigenvalue weighted by Crippen LogP contribution is -2.36. The number of halogens is 1. The van der Waals surface area contributed by atoms with Crippen molar-refractivity contribution in [2.45, 2.75) is 12.6 Å². The van der Waals surface area contributed by atoms with Crippen molar-refractivity contribution in [2.75, 3.05) is 27.4 Å². The third-order valence-corrected chi connectivity index (χ3v) is 4.95. The lowest BCUT2D eigenvalue weighted by molar-refractivity contribution is -0.121. The van der Waals surface area contributed by atoms with Gasteiger partial charge in [0.2, 0.25) is 12.7 Å². The van der Waals surface area contributed by atoms with E-state index in [1.807, 2.05) is 43.3 Å². The van der Waals surface area contributed by atoms with Crippen molar-refractivity contribution in [1.29, 1.82) is 0 Å². The maximum atomic E-state index is 13.5. The zero-order valence-corrected chi connectivity index (χ0v) is 15.8. The fourth-order valence-corrected chi connectivity index (χ4v) is 3.44. The largest absolute Gasteiger partial charge is 0.454 e. The molecule has 0 spiro atoms. The molecule has 1 atom stereocenters. The second-order valence-corrected chi connectivity index (χ2v) is 7.04. The summed E-state index contributed by atoms with van der Waals surface area (Å²) in [6.45, 7) is 0.806. The van der Waals surface area contributed by atoms with Crippen molar-refractivity contribution in [3.05, 3.63) is 60.0 Å². The molecule has 28 heavy (non-hydrogen) atoms. The predicted molar refractivity (Wildman–Crippen MR) is 104 cm³/mol. The zero-order valence-electron chi connectivity index (χ0n) is 15.8. The third kappa shape index (κ3) is 3.66. The summed E-state index contributed by atoms with van der Waals surface area (Å²) >= 11 is 0. The van der Waals surface area contributed by atoms with Crippen LogP contribution in [0.5, 0.6) is 11.5 Å². The molecule has 0 saturated heterocycles. The summed E-state index contributed by atoms with van der Waals surface area (Å²) < 4.78 is 26.1. The van der Waals surface area contributed by atoms with Crippen LogP contribution in [0.15, 0.2) is 48.7 Å². The molecule has 146 valence electrons. The fraction of sp³-hybridized carbons (Fsp3) is 0.286. The van der Waals surface area contributed by atoms with Gasteiger partial charge in [-0.25, -0.2) is 4.39 Å². The molecular weight excluding hydrogens is 361 g/mol. The Morgan fingerprint density at radius 1 is 1.18 bits per heavy atom. The molecule has 1 amide bonds. The van der Waals surface area contributed by atoms with E-state index in [-0.39, 0.29) is 31.1 Å². The summed E-state index contributed by atoms with van der Waals surface area (Å²) in [6.07, 6.45) is 1.80. The van der Waals surface area contributed by atoms with Gasteiger partial charge in [0.1, 0.15) is 12.4 Å². The molecule has 4 rings (SSSR count). The summed E-state index contributed by atoms with van der Waals surface area (Å²) in [7, 11) is 3.92. The Hall–Kier alpha value is -3.06. The Morgan fingerprint density at radius 3 is 2.82 bits per heavy atom. The van der Waals surface area contributed by atoms with Gasteiger partial charge in [-0.2, -0.15) is 0 Å². The average molecular weight is 383 g/mol. The molecule has 6 nitrogen and oxygen atoms in total. The van der Waals surface area contributed by atoms with E-state index in [9.17, 15) is 9.18 Å². The van der Waals surface area contributed by atoms with Gasteiger partial charge in [-0.15, -0.1) is 0 Å². The molecule has 0 unspecified atom stereocenters. The highest BCUT2D eigenvalue weighted by Crippen LogP contribution is 2.34. The van der Waals surface area contributed by atoms with E-state index in [1.165, 1.54) is 12.1 Å². The minimum Gasteiger partial charge on any atom is -0.454 e. The Kier molecular flexibility index (Phi) is 4.92. The zero-order chi connectivity index (χ0) is 19.7. The molecule has 7 heteroatoms. The standard InChI is InChI=1S/C21H22FN3O3/c1-24(2)18(15-4-6-19-20(9-15)28-13-27-19)11-23-21(26)12-25-8-7-14-3-5-16(22)10-17(14)25/h3-10,18H,11-13H2,1-2H3,(H,23,26)/t18-/m0/s1. The second-order valence-electron chi connectivity index (χ2n) is 7.04. The average Bonchev–Trinajstić information content (AvgIpc) is 3.28. The van der Waals surface area contributed by atoms with Crippen LogP contribution in [0.3, 0.4) is 0 Å². The third-order valence-electron chi connectivity index (χ3n) is 4.95. The Morgan fingerprint density at radius 2 is 2.00 bits per heavy atom. The van der Waals surface area contributed by atoms with Gasteiger partial charge in [0.05, 0.1) is 11.6 Å². The highest BCUT2D eigenvalue weighted by atomic mass is 19.1. The van der Waals surface area contributed by atoms with Crippen molar-refractivity contribution in [1.82, 2.24) is 14.8 Å². The number of likely N-dealkylation sites (N-methyl/N-ethyl adjacent to an activating group) is 1. The van der Waals surface area contributed by atoms with Crippen LogP contribution in [-0.4, -0.2) is 42.8 Å². The SMILES string of the molecule is CN(C)[C@@H](CNC(=O)Cn1ccc2ccc(F)cc21)c1ccc2c(c1)OCO2. The number of ether oxygens (including phenoxy) is 2. The fourth-order valence-electron chi connectivity index (χ4n) is 3.44. The molecule has 0 bridgehead atoms. The summed E-state index contributed by atoms with van der Waals surface area (Å²) in [4.78, 5) is 14.5. The number of benzene rings is 2. The maximum Gasteiger partial charge on any atom is 0.240 e. The molecule has 0 saturated carbocycles. The molecular formula is C21H22FN3O3. The van der Waals surface area contributed by atoms with Crippen LogP contribution in [0.1, 0.15) is 11.6 Å². The quantitative estimate of drug-likeness (QED) is 0.711. The molecule has 1 aliphatic rings. The topological polar surface area (TPSA) is 55.7 Å². The molecule has 1 aromatic heterocycles. The van der Waals surface area contributed by atoms with Gasteiger partial charge in [-0.05, 0) is 61.4 Å². The van der Waals surface area contributed by atoms with Crippen LogP contribution in [0.4, 0.5) is 4.39 Å². The number of nitrogens with zero attached hydrogens (tertiary/aromatic N) is 2. The Labute approximate surface area is 162 Å².